The first-order valence-electron chi connectivity index (χ1n) is 6.88. The van der Waals surface area contributed by atoms with E-state index in [4.69, 9.17) is 0 Å². The second kappa shape index (κ2) is 5.36. The molecule has 1 unspecified atom stereocenters. The van der Waals surface area contributed by atoms with Crippen molar-refractivity contribution in [2.75, 3.05) is 13.1 Å². The molecule has 1 saturated carbocycles. The molecule has 2 aliphatic rings. The van der Waals surface area contributed by atoms with Crippen molar-refractivity contribution >= 4 is 5.91 Å². The van der Waals surface area contributed by atoms with Crippen LogP contribution in [0.1, 0.15) is 45.4 Å². The molecule has 2 fully saturated rings. The molecule has 4 nitrogen and oxygen atoms in total. The highest BCUT2D eigenvalue weighted by atomic mass is 16.3. The Bertz CT molecular complexity index is 275. The number of amides is 1. The lowest BCUT2D eigenvalue weighted by molar-refractivity contribution is -0.132. The summed E-state index contributed by atoms with van der Waals surface area (Å²) >= 11 is 0. The monoisotopic (exact) mass is 240 g/mol. The fourth-order valence-electron chi connectivity index (χ4n) is 3.00. The molecule has 0 aromatic rings. The average Bonchev–Trinajstić information content (AvgIpc) is 2.82. The lowest BCUT2D eigenvalue weighted by Crippen LogP contribution is -2.51. The molecule has 1 aliphatic heterocycles. The van der Waals surface area contributed by atoms with E-state index in [0.29, 0.717) is 0 Å². The van der Waals surface area contributed by atoms with E-state index in [1.807, 2.05) is 0 Å². The SMILES string of the molecule is CCC1(C(=O)N[C@@H]2CCCC[C@H]2O)CCNC1. The third kappa shape index (κ3) is 2.63. The number of aliphatic hydroxyl groups excluding tert-OH is 1. The summed E-state index contributed by atoms with van der Waals surface area (Å²) in [6.45, 7) is 3.77. The summed E-state index contributed by atoms with van der Waals surface area (Å²) in [4.78, 5) is 12.3. The number of hydrogen-bond donors (Lipinski definition) is 3. The quantitative estimate of drug-likeness (QED) is 0.683. The van der Waals surface area contributed by atoms with Crippen LogP contribution in [0.3, 0.4) is 0 Å². The maximum absolute atomic E-state index is 12.3. The summed E-state index contributed by atoms with van der Waals surface area (Å²) in [5, 5.41) is 16.2. The minimum atomic E-state index is -0.351. The van der Waals surface area contributed by atoms with Crippen LogP contribution in [0.5, 0.6) is 0 Å². The first kappa shape index (κ1) is 12.8. The minimum Gasteiger partial charge on any atom is -0.391 e. The van der Waals surface area contributed by atoms with E-state index in [2.05, 4.69) is 17.6 Å². The maximum Gasteiger partial charge on any atom is 0.227 e. The Labute approximate surface area is 103 Å². The summed E-state index contributed by atoms with van der Waals surface area (Å²) in [5.74, 6) is 0.135. The molecule has 0 aromatic carbocycles. The number of nitrogens with one attached hydrogen (secondary N) is 2. The second-order valence-corrected chi connectivity index (χ2v) is 5.49. The molecule has 1 amide bonds. The molecular weight excluding hydrogens is 216 g/mol. The number of aliphatic hydroxyl groups is 1. The van der Waals surface area contributed by atoms with E-state index in [-0.39, 0.29) is 23.5 Å². The highest BCUT2D eigenvalue weighted by Crippen LogP contribution is 2.30. The van der Waals surface area contributed by atoms with E-state index in [1.54, 1.807) is 0 Å². The zero-order valence-corrected chi connectivity index (χ0v) is 10.7. The largest absolute Gasteiger partial charge is 0.391 e. The van der Waals surface area contributed by atoms with Gasteiger partial charge in [0.2, 0.25) is 5.91 Å². The standard InChI is InChI=1S/C13H24N2O2/c1-2-13(7-8-14-9-13)12(17)15-10-5-3-4-6-11(10)16/h10-11,14,16H,2-9H2,1H3,(H,15,17)/t10-,11-,13?/m1/s1. The molecule has 3 atom stereocenters. The third-order valence-electron chi connectivity index (χ3n) is 4.45. The van der Waals surface area contributed by atoms with Crippen LogP contribution in [0.4, 0.5) is 0 Å². The van der Waals surface area contributed by atoms with Crippen molar-refractivity contribution < 1.29 is 9.90 Å². The van der Waals surface area contributed by atoms with Crippen molar-refractivity contribution in [1.29, 1.82) is 0 Å². The fourth-order valence-corrected chi connectivity index (χ4v) is 3.00. The Morgan fingerprint density at radius 2 is 2.24 bits per heavy atom. The van der Waals surface area contributed by atoms with Crippen LogP contribution in [0.25, 0.3) is 0 Å². The number of carbonyl (C=O) groups is 1. The Balaban J connectivity index is 1.95. The van der Waals surface area contributed by atoms with Crippen molar-refractivity contribution in [1.82, 2.24) is 10.6 Å². The third-order valence-corrected chi connectivity index (χ3v) is 4.45. The first-order valence-corrected chi connectivity index (χ1v) is 6.88. The molecule has 98 valence electrons. The van der Waals surface area contributed by atoms with Gasteiger partial charge < -0.3 is 15.7 Å². The molecule has 0 aromatic heterocycles. The molecule has 4 heteroatoms. The topological polar surface area (TPSA) is 61.4 Å². The van der Waals surface area contributed by atoms with Crippen molar-refractivity contribution in [3.8, 4) is 0 Å². The lowest BCUT2D eigenvalue weighted by Gasteiger charge is -2.33. The predicted octanol–water partition coefficient (Wildman–Crippen LogP) is 0.796. The van der Waals surface area contributed by atoms with Gasteiger partial charge in [0.25, 0.3) is 0 Å². The zero-order valence-electron chi connectivity index (χ0n) is 10.7. The van der Waals surface area contributed by atoms with Crippen LogP contribution < -0.4 is 10.6 Å². The summed E-state index contributed by atoms with van der Waals surface area (Å²) in [7, 11) is 0. The van der Waals surface area contributed by atoms with Crippen LogP contribution >= 0.6 is 0 Å². The molecule has 17 heavy (non-hydrogen) atoms. The van der Waals surface area contributed by atoms with Gasteiger partial charge in [0, 0.05) is 6.54 Å². The Morgan fingerprint density at radius 3 is 2.82 bits per heavy atom. The fraction of sp³-hybridized carbons (Fsp3) is 0.923. The van der Waals surface area contributed by atoms with Gasteiger partial charge in [-0.1, -0.05) is 19.8 Å². The lowest BCUT2D eigenvalue weighted by atomic mass is 9.82. The van der Waals surface area contributed by atoms with E-state index < -0.39 is 0 Å². The molecule has 1 saturated heterocycles. The van der Waals surface area contributed by atoms with Crippen molar-refractivity contribution in [3.63, 3.8) is 0 Å². The maximum atomic E-state index is 12.3. The number of carbonyl (C=O) groups excluding carboxylic acids is 1. The van der Waals surface area contributed by atoms with E-state index in [0.717, 1.165) is 51.6 Å². The minimum absolute atomic E-state index is 0.0275. The van der Waals surface area contributed by atoms with Crippen LogP contribution in [-0.2, 0) is 4.79 Å². The smallest absolute Gasteiger partial charge is 0.227 e. The van der Waals surface area contributed by atoms with Gasteiger partial charge in [0.1, 0.15) is 0 Å². The van der Waals surface area contributed by atoms with E-state index in [9.17, 15) is 9.90 Å². The van der Waals surface area contributed by atoms with Crippen LogP contribution in [-0.4, -0.2) is 36.2 Å². The van der Waals surface area contributed by atoms with Crippen LogP contribution in [0, 0.1) is 5.41 Å². The van der Waals surface area contributed by atoms with Crippen LogP contribution in [0.15, 0.2) is 0 Å². The molecule has 1 heterocycles. The van der Waals surface area contributed by atoms with E-state index >= 15 is 0 Å². The molecule has 0 spiro atoms. The van der Waals surface area contributed by atoms with Gasteiger partial charge in [-0.3, -0.25) is 4.79 Å². The number of hydrogen-bond acceptors (Lipinski definition) is 3. The Kier molecular flexibility index (Phi) is 4.05. The summed E-state index contributed by atoms with van der Waals surface area (Å²) in [5.41, 5.74) is -0.239. The van der Waals surface area contributed by atoms with Gasteiger partial charge in [0.05, 0.1) is 17.6 Å². The highest BCUT2D eigenvalue weighted by molar-refractivity contribution is 5.83. The zero-order chi connectivity index (χ0) is 12.3. The van der Waals surface area contributed by atoms with Gasteiger partial charge in [-0.2, -0.15) is 0 Å². The molecular formula is C13H24N2O2. The molecule has 2 rings (SSSR count). The average molecular weight is 240 g/mol. The van der Waals surface area contributed by atoms with Gasteiger partial charge in [0.15, 0.2) is 0 Å². The van der Waals surface area contributed by atoms with Gasteiger partial charge in [-0.05, 0) is 32.2 Å². The summed E-state index contributed by atoms with van der Waals surface area (Å²) in [6, 6.07) is -0.0275. The van der Waals surface area contributed by atoms with Gasteiger partial charge in [-0.15, -0.1) is 0 Å². The molecule has 1 aliphatic carbocycles. The summed E-state index contributed by atoms with van der Waals surface area (Å²) in [6.07, 6.45) is 5.36. The van der Waals surface area contributed by atoms with E-state index in [1.165, 1.54) is 0 Å². The normalized spacial score (nSPS) is 38.0. The molecule has 0 radical (unpaired) electrons. The Morgan fingerprint density at radius 1 is 1.47 bits per heavy atom. The molecule has 0 bridgehead atoms. The number of rotatable bonds is 3. The predicted molar refractivity (Wildman–Crippen MR) is 66.6 cm³/mol. The van der Waals surface area contributed by atoms with Crippen molar-refractivity contribution in [2.24, 2.45) is 5.41 Å². The van der Waals surface area contributed by atoms with Gasteiger partial charge >= 0.3 is 0 Å². The van der Waals surface area contributed by atoms with Crippen molar-refractivity contribution in [3.05, 3.63) is 0 Å². The van der Waals surface area contributed by atoms with Gasteiger partial charge in [-0.25, -0.2) is 0 Å². The van der Waals surface area contributed by atoms with Crippen LogP contribution in [0.2, 0.25) is 0 Å². The molecule has 3 N–H and O–H groups in total. The summed E-state index contributed by atoms with van der Waals surface area (Å²) < 4.78 is 0. The highest BCUT2D eigenvalue weighted by Gasteiger charge is 2.40. The van der Waals surface area contributed by atoms with Crippen molar-refractivity contribution in [2.45, 2.75) is 57.6 Å². The first-order chi connectivity index (χ1) is 8.18. The second-order valence-electron chi connectivity index (χ2n) is 5.49. The Hall–Kier alpha value is -0.610.